The van der Waals surface area contributed by atoms with Crippen molar-refractivity contribution in [2.75, 3.05) is 0 Å². The lowest BCUT2D eigenvalue weighted by Gasteiger charge is -2.37. The van der Waals surface area contributed by atoms with Crippen LogP contribution in [-0.2, 0) is 14.3 Å². The molecule has 0 bridgehead atoms. The number of hydrogen-bond acceptors (Lipinski definition) is 5. The van der Waals surface area contributed by atoms with Gasteiger partial charge in [-0.2, -0.15) is 0 Å². The van der Waals surface area contributed by atoms with E-state index in [1.54, 1.807) is 13.0 Å². The van der Waals surface area contributed by atoms with Crippen LogP contribution in [0.1, 0.15) is 54.9 Å². The van der Waals surface area contributed by atoms with Crippen LogP contribution in [0.25, 0.3) is 0 Å². The Hall–Kier alpha value is -2.70. The maximum absolute atomic E-state index is 12.7. The van der Waals surface area contributed by atoms with Gasteiger partial charge in [-0.25, -0.2) is 4.79 Å². The number of ether oxygens (including phenoxy) is 1. The van der Waals surface area contributed by atoms with Crippen LogP contribution < -0.4 is 11.1 Å². The van der Waals surface area contributed by atoms with E-state index in [4.69, 9.17) is 10.5 Å². The number of rotatable bonds is 4. The van der Waals surface area contributed by atoms with Gasteiger partial charge in [0.15, 0.2) is 0 Å². The van der Waals surface area contributed by atoms with Crippen LogP contribution in [0.2, 0.25) is 0 Å². The average Bonchev–Trinajstić information content (AvgIpc) is 2.79. The number of nitrogens with one attached hydrogen (secondary N) is 1. The van der Waals surface area contributed by atoms with Crippen molar-refractivity contribution in [3.8, 4) is 0 Å². The minimum Gasteiger partial charge on any atom is -0.458 e. The first-order chi connectivity index (χ1) is 16.8. The highest BCUT2D eigenvalue weighted by Crippen LogP contribution is 2.40. The number of nitrogens with two attached hydrogens (primary N) is 1. The van der Waals surface area contributed by atoms with Crippen molar-refractivity contribution >= 4 is 11.9 Å². The summed E-state index contributed by atoms with van der Waals surface area (Å²) < 4.78 is 5.84. The number of fused-ring (bicyclic) bond motifs is 1. The van der Waals surface area contributed by atoms with E-state index in [1.807, 2.05) is 39.0 Å². The van der Waals surface area contributed by atoms with Crippen molar-refractivity contribution in [1.82, 2.24) is 5.32 Å². The summed E-state index contributed by atoms with van der Waals surface area (Å²) in [6, 6.07) is -0.470. The Labute approximate surface area is 216 Å². The summed E-state index contributed by atoms with van der Waals surface area (Å²) in [6.45, 7) is 13.2. The molecule has 0 aromatic heterocycles. The number of aliphatic hydroxyl groups is 1. The summed E-state index contributed by atoms with van der Waals surface area (Å²) in [5.74, 6) is -1.10. The molecule has 8 atom stereocenters. The zero-order chi connectivity index (χ0) is 27.0. The molecule has 0 saturated heterocycles. The molecule has 2 aliphatic rings. The summed E-state index contributed by atoms with van der Waals surface area (Å²) in [4.78, 5) is 24.2. The first-order valence-electron chi connectivity index (χ1n) is 12.8. The zero-order valence-electron chi connectivity index (χ0n) is 22.8. The molecular formula is C30H44N2O4. The van der Waals surface area contributed by atoms with Crippen LogP contribution in [0.3, 0.4) is 0 Å². The van der Waals surface area contributed by atoms with Crippen LogP contribution in [-0.4, -0.2) is 41.3 Å². The first-order valence-corrected chi connectivity index (χ1v) is 12.8. The van der Waals surface area contributed by atoms with E-state index in [1.165, 1.54) is 13.0 Å². The number of allylic oxidation sites excluding steroid dienone is 9. The topological polar surface area (TPSA) is 102 Å². The number of carbonyl (C=O) groups is 2. The van der Waals surface area contributed by atoms with Gasteiger partial charge in [-0.1, -0.05) is 86.6 Å². The van der Waals surface area contributed by atoms with Crippen molar-refractivity contribution in [2.24, 2.45) is 28.9 Å². The van der Waals surface area contributed by atoms with Crippen LogP contribution in [0.5, 0.6) is 0 Å². The third kappa shape index (κ3) is 8.45. The van der Waals surface area contributed by atoms with E-state index in [0.717, 1.165) is 17.6 Å². The number of cyclic esters (lactones) is 1. The number of amides is 1. The van der Waals surface area contributed by atoms with Gasteiger partial charge in [0.1, 0.15) is 6.10 Å². The third-order valence-corrected chi connectivity index (χ3v) is 7.20. The highest BCUT2D eigenvalue weighted by molar-refractivity contribution is 5.82. The molecule has 0 unspecified atom stereocenters. The van der Waals surface area contributed by atoms with Crippen LogP contribution in [0, 0.1) is 23.2 Å². The quantitative estimate of drug-likeness (QED) is 0.392. The Bertz CT molecular complexity index is 973. The second kappa shape index (κ2) is 13.0. The van der Waals surface area contributed by atoms with Crippen LogP contribution >= 0.6 is 0 Å². The standard InChI is InChI=1S/C30H44N2O4/c1-19-9-8-10-27(34)36-29(22(4)28(35)23(5)32-24(6)33)21(3)12-11-20(2)17-25-13-14-26(31)18-30(25,7)16-15-19/h8-17,21-23,25-26,28-29,35H,18,31H2,1-7H3,(H,32,33)/b10-8-,12-11-,16-15-,19-9-,20-17-/t21-,22-,23-,25-,26-,28+,29-,30-/m1/s1. The van der Waals surface area contributed by atoms with Gasteiger partial charge in [-0.05, 0) is 32.6 Å². The van der Waals surface area contributed by atoms with Crippen molar-refractivity contribution < 1.29 is 19.4 Å². The molecule has 6 heteroatoms. The molecule has 1 aliphatic heterocycles. The monoisotopic (exact) mass is 496 g/mol. The molecule has 4 N–H and O–H groups in total. The highest BCUT2D eigenvalue weighted by Gasteiger charge is 2.35. The number of esters is 1. The number of hydrogen-bond donors (Lipinski definition) is 3. The molecule has 0 aromatic rings. The first kappa shape index (κ1) is 29.5. The molecule has 1 heterocycles. The van der Waals surface area contributed by atoms with E-state index in [0.29, 0.717) is 0 Å². The van der Waals surface area contributed by atoms with Crippen molar-refractivity contribution in [3.63, 3.8) is 0 Å². The van der Waals surface area contributed by atoms with Gasteiger partial charge in [0.05, 0.1) is 12.1 Å². The van der Waals surface area contributed by atoms with Crippen molar-refractivity contribution in [3.05, 3.63) is 71.9 Å². The molecule has 0 spiro atoms. The molecule has 1 aliphatic carbocycles. The third-order valence-electron chi connectivity index (χ3n) is 7.20. The van der Waals surface area contributed by atoms with Crippen LogP contribution in [0.4, 0.5) is 0 Å². The number of aliphatic hydroxyl groups excluding tert-OH is 1. The molecule has 0 fully saturated rings. The fraction of sp³-hybridized carbons (Fsp3) is 0.533. The minimum atomic E-state index is -0.890. The van der Waals surface area contributed by atoms with Gasteiger partial charge in [-0.15, -0.1) is 0 Å². The Kier molecular flexibility index (Phi) is 10.7. The second-order valence-corrected chi connectivity index (χ2v) is 10.8. The second-order valence-electron chi connectivity index (χ2n) is 10.8. The zero-order valence-corrected chi connectivity index (χ0v) is 22.8. The fourth-order valence-corrected chi connectivity index (χ4v) is 4.95. The largest absolute Gasteiger partial charge is 0.458 e. The molecule has 0 saturated carbocycles. The lowest BCUT2D eigenvalue weighted by molar-refractivity contribution is -0.151. The molecule has 0 aromatic carbocycles. The molecule has 198 valence electrons. The van der Waals surface area contributed by atoms with Gasteiger partial charge >= 0.3 is 5.97 Å². The Balaban J connectivity index is 2.45. The van der Waals surface area contributed by atoms with E-state index in [9.17, 15) is 14.7 Å². The summed E-state index contributed by atoms with van der Waals surface area (Å²) in [5.41, 5.74) is 8.24. The predicted octanol–water partition coefficient (Wildman–Crippen LogP) is 4.54. The number of carbonyl (C=O) groups excluding carboxylic acids is 2. The maximum Gasteiger partial charge on any atom is 0.331 e. The Morgan fingerprint density at radius 1 is 1.17 bits per heavy atom. The van der Waals surface area contributed by atoms with Gasteiger partial charge in [-0.3, -0.25) is 4.79 Å². The van der Waals surface area contributed by atoms with Crippen molar-refractivity contribution in [1.29, 1.82) is 0 Å². The Morgan fingerprint density at radius 3 is 2.53 bits per heavy atom. The molecule has 1 amide bonds. The smallest absolute Gasteiger partial charge is 0.331 e. The van der Waals surface area contributed by atoms with Gasteiger partial charge < -0.3 is 20.9 Å². The SMILES string of the molecule is CC(=O)N[C@H](C)[C@@H](O)[C@@H](C)[C@@H]1OC(=O)\C=C/C=C(C)\C=C/[C@]2(C)C[C@H](N)C=C[C@@H]2/C=C(C)\C=C/[C@H]1C. The summed E-state index contributed by atoms with van der Waals surface area (Å²) >= 11 is 0. The van der Waals surface area contributed by atoms with E-state index < -0.39 is 30.1 Å². The molecule has 36 heavy (non-hydrogen) atoms. The molecule has 0 radical (unpaired) electrons. The molecule has 6 nitrogen and oxygen atoms in total. The van der Waals surface area contributed by atoms with E-state index >= 15 is 0 Å². The lowest BCUT2D eigenvalue weighted by atomic mass is 9.68. The predicted molar refractivity (Wildman–Crippen MR) is 146 cm³/mol. The normalized spacial score (nSPS) is 37.5. The average molecular weight is 497 g/mol. The molecule has 2 rings (SSSR count). The van der Waals surface area contributed by atoms with Crippen molar-refractivity contribution in [2.45, 2.75) is 79.2 Å². The summed E-state index contributed by atoms with van der Waals surface area (Å²) in [6.07, 6.45) is 19.2. The highest BCUT2D eigenvalue weighted by atomic mass is 16.5. The van der Waals surface area contributed by atoms with Gasteiger partial charge in [0.2, 0.25) is 5.91 Å². The lowest BCUT2D eigenvalue weighted by Crippen LogP contribution is -2.48. The van der Waals surface area contributed by atoms with Crippen LogP contribution in [0.15, 0.2) is 71.9 Å². The summed E-state index contributed by atoms with van der Waals surface area (Å²) in [5, 5.41) is 13.6. The summed E-state index contributed by atoms with van der Waals surface area (Å²) in [7, 11) is 0. The van der Waals surface area contributed by atoms with Gasteiger partial charge in [0.25, 0.3) is 0 Å². The maximum atomic E-state index is 12.7. The van der Waals surface area contributed by atoms with Gasteiger partial charge in [0, 0.05) is 36.8 Å². The minimum absolute atomic E-state index is 0.0123. The fourth-order valence-electron chi connectivity index (χ4n) is 4.95. The van der Waals surface area contributed by atoms with E-state index in [-0.39, 0.29) is 29.2 Å². The molecular weight excluding hydrogens is 452 g/mol. The Morgan fingerprint density at radius 2 is 1.86 bits per heavy atom. The van der Waals surface area contributed by atoms with E-state index in [2.05, 4.69) is 49.5 Å².